The molecule has 0 aromatic carbocycles. The van der Waals surface area contributed by atoms with Crippen LogP contribution in [0.1, 0.15) is 17.4 Å². The quantitative estimate of drug-likeness (QED) is 0.876. The van der Waals surface area contributed by atoms with Crippen LogP contribution in [-0.2, 0) is 6.54 Å². The zero-order chi connectivity index (χ0) is 13.1. The van der Waals surface area contributed by atoms with Gasteiger partial charge in [-0.3, -0.25) is 4.79 Å². The van der Waals surface area contributed by atoms with E-state index < -0.39 is 0 Å². The van der Waals surface area contributed by atoms with E-state index in [9.17, 15) is 4.79 Å². The Morgan fingerprint density at radius 2 is 2.39 bits per heavy atom. The van der Waals surface area contributed by atoms with Crippen molar-refractivity contribution in [2.75, 3.05) is 5.32 Å². The fourth-order valence-electron chi connectivity index (χ4n) is 1.58. The summed E-state index contributed by atoms with van der Waals surface area (Å²) < 4.78 is 2.51. The van der Waals surface area contributed by atoms with Gasteiger partial charge in [-0.2, -0.15) is 0 Å². The standard InChI is InChI=1S/C12H11BrClN3O/c1-2-17-5-3-4-10(17)12(18)16-8-6-9(13)11(14)15-7-8/h3-7H,2H2,1H3,(H,16,18). The normalized spacial score (nSPS) is 10.4. The van der Waals surface area contributed by atoms with Crippen molar-refractivity contribution in [2.45, 2.75) is 13.5 Å². The maximum Gasteiger partial charge on any atom is 0.272 e. The van der Waals surface area contributed by atoms with E-state index in [0.29, 0.717) is 21.0 Å². The van der Waals surface area contributed by atoms with Gasteiger partial charge < -0.3 is 9.88 Å². The Kier molecular flexibility index (Phi) is 4.04. The number of aromatic nitrogens is 2. The van der Waals surface area contributed by atoms with Crippen LogP contribution in [0.15, 0.2) is 35.1 Å². The summed E-state index contributed by atoms with van der Waals surface area (Å²) in [7, 11) is 0. The van der Waals surface area contributed by atoms with E-state index in [4.69, 9.17) is 11.6 Å². The predicted octanol–water partition coefficient (Wildman–Crippen LogP) is 3.57. The van der Waals surface area contributed by atoms with Crippen molar-refractivity contribution in [1.29, 1.82) is 0 Å². The van der Waals surface area contributed by atoms with E-state index in [1.54, 1.807) is 12.1 Å². The number of pyridine rings is 1. The molecule has 18 heavy (non-hydrogen) atoms. The fourth-order valence-corrected chi connectivity index (χ4v) is 2.03. The zero-order valence-electron chi connectivity index (χ0n) is 9.65. The average molecular weight is 329 g/mol. The summed E-state index contributed by atoms with van der Waals surface area (Å²) in [5.74, 6) is -0.169. The fraction of sp³-hybridized carbons (Fsp3) is 0.167. The van der Waals surface area contributed by atoms with Crippen molar-refractivity contribution in [3.8, 4) is 0 Å². The summed E-state index contributed by atoms with van der Waals surface area (Å²) in [6.45, 7) is 2.73. The number of nitrogens with one attached hydrogen (secondary N) is 1. The molecule has 94 valence electrons. The molecular formula is C12H11BrClN3O. The molecule has 0 radical (unpaired) electrons. The molecule has 0 saturated carbocycles. The van der Waals surface area contributed by atoms with Crippen molar-refractivity contribution in [3.05, 3.63) is 45.9 Å². The second kappa shape index (κ2) is 5.54. The molecule has 6 heteroatoms. The van der Waals surface area contributed by atoms with Crippen LogP contribution in [0.2, 0.25) is 5.15 Å². The number of halogens is 2. The van der Waals surface area contributed by atoms with Gasteiger partial charge in [-0.25, -0.2) is 4.98 Å². The van der Waals surface area contributed by atoms with Gasteiger partial charge in [-0.1, -0.05) is 11.6 Å². The SMILES string of the molecule is CCn1cccc1C(=O)Nc1cnc(Cl)c(Br)c1. The highest BCUT2D eigenvalue weighted by molar-refractivity contribution is 9.10. The largest absolute Gasteiger partial charge is 0.344 e. The summed E-state index contributed by atoms with van der Waals surface area (Å²) in [5, 5.41) is 3.14. The Hall–Kier alpha value is -1.33. The highest BCUT2D eigenvalue weighted by Crippen LogP contribution is 2.23. The summed E-state index contributed by atoms with van der Waals surface area (Å²) in [4.78, 5) is 16.0. The molecule has 0 aliphatic heterocycles. The first-order chi connectivity index (χ1) is 8.61. The summed E-state index contributed by atoms with van der Waals surface area (Å²) >= 11 is 9.05. The molecule has 0 fully saturated rings. The lowest BCUT2D eigenvalue weighted by Gasteiger charge is -2.08. The second-order valence-corrected chi connectivity index (χ2v) is 4.84. The molecule has 0 bridgehead atoms. The summed E-state index contributed by atoms with van der Waals surface area (Å²) in [6, 6.07) is 5.33. The third-order valence-corrected chi connectivity index (χ3v) is 3.59. The van der Waals surface area contributed by atoms with Crippen LogP contribution < -0.4 is 5.32 Å². The van der Waals surface area contributed by atoms with Gasteiger partial charge in [0.2, 0.25) is 0 Å². The maximum absolute atomic E-state index is 12.0. The number of carbonyl (C=O) groups excluding carboxylic acids is 1. The van der Waals surface area contributed by atoms with Crippen LogP contribution >= 0.6 is 27.5 Å². The molecule has 2 rings (SSSR count). The number of hydrogen-bond donors (Lipinski definition) is 1. The van der Waals surface area contributed by atoms with Gasteiger partial charge in [0.05, 0.1) is 16.4 Å². The molecule has 2 aromatic rings. The summed E-state index contributed by atoms with van der Waals surface area (Å²) in [6.07, 6.45) is 3.38. The highest BCUT2D eigenvalue weighted by atomic mass is 79.9. The molecule has 1 N–H and O–H groups in total. The van der Waals surface area contributed by atoms with E-state index in [1.807, 2.05) is 23.8 Å². The maximum atomic E-state index is 12.0. The number of anilines is 1. The van der Waals surface area contributed by atoms with Crippen molar-refractivity contribution in [2.24, 2.45) is 0 Å². The molecule has 2 aromatic heterocycles. The third kappa shape index (κ3) is 2.73. The van der Waals surface area contributed by atoms with Crippen molar-refractivity contribution in [1.82, 2.24) is 9.55 Å². The van der Waals surface area contributed by atoms with E-state index in [0.717, 1.165) is 6.54 Å². The molecule has 0 unspecified atom stereocenters. The Balaban J connectivity index is 2.19. The molecule has 0 aliphatic carbocycles. The van der Waals surface area contributed by atoms with Crippen molar-refractivity contribution < 1.29 is 4.79 Å². The lowest BCUT2D eigenvalue weighted by Crippen LogP contribution is -2.16. The molecule has 0 aliphatic rings. The van der Waals surface area contributed by atoms with Crippen LogP contribution in [-0.4, -0.2) is 15.5 Å². The van der Waals surface area contributed by atoms with Gasteiger partial charge in [0.25, 0.3) is 5.91 Å². The van der Waals surface area contributed by atoms with Crippen LogP contribution in [0.25, 0.3) is 0 Å². The monoisotopic (exact) mass is 327 g/mol. The molecule has 1 amide bonds. The van der Waals surface area contributed by atoms with Crippen molar-refractivity contribution >= 4 is 39.1 Å². The lowest BCUT2D eigenvalue weighted by atomic mass is 10.3. The smallest absolute Gasteiger partial charge is 0.272 e. The Morgan fingerprint density at radius 1 is 1.61 bits per heavy atom. The minimum atomic E-state index is -0.169. The van der Waals surface area contributed by atoms with E-state index in [-0.39, 0.29) is 5.91 Å². The van der Waals surface area contributed by atoms with Gasteiger partial charge >= 0.3 is 0 Å². The van der Waals surface area contributed by atoms with Gasteiger partial charge in [0, 0.05) is 12.7 Å². The first-order valence-corrected chi connectivity index (χ1v) is 6.56. The molecule has 0 saturated heterocycles. The minimum Gasteiger partial charge on any atom is -0.344 e. The van der Waals surface area contributed by atoms with E-state index in [1.165, 1.54) is 6.20 Å². The van der Waals surface area contributed by atoms with Gasteiger partial charge in [-0.05, 0) is 41.1 Å². The minimum absolute atomic E-state index is 0.169. The molecule has 2 heterocycles. The molecule has 0 atom stereocenters. The van der Waals surface area contributed by atoms with Gasteiger partial charge in [0.15, 0.2) is 0 Å². The molecule has 4 nitrogen and oxygen atoms in total. The number of aryl methyl sites for hydroxylation is 1. The first-order valence-electron chi connectivity index (χ1n) is 5.39. The number of hydrogen-bond acceptors (Lipinski definition) is 2. The average Bonchev–Trinajstić information content (AvgIpc) is 2.82. The first kappa shape index (κ1) is 13.1. The highest BCUT2D eigenvalue weighted by Gasteiger charge is 2.11. The summed E-state index contributed by atoms with van der Waals surface area (Å²) in [5.41, 5.74) is 1.21. The van der Waals surface area contributed by atoms with Crippen LogP contribution in [0, 0.1) is 0 Å². The van der Waals surface area contributed by atoms with Gasteiger partial charge in [-0.15, -0.1) is 0 Å². The number of amides is 1. The third-order valence-electron chi connectivity index (χ3n) is 2.46. The lowest BCUT2D eigenvalue weighted by molar-refractivity contribution is 0.101. The second-order valence-electron chi connectivity index (χ2n) is 3.63. The van der Waals surface area contributed by atoms with Crippen LogP contribution in [0.3, 0.4) is 0 Å². The van der Waals surface area contributed by atoms with E-state index in [2.05, 4.69) is 26.2 Å². The number of carbonyl (C=O) groups is 1. The molecular weight excluding hydrogens is 318 g/mol. The predicted molar refractivity (Wildman–Crippen MR) is 75.0 cm³/mol. The molecule has 0 spiro atoms. The number of rotatable bonds is 3. The van der Waals surface area contributed by atoms with E-state index >= 15 is 0 Å². The Bertz CT molecular complexity index is 582. The number of nitrogens with zero attached hydrogens (tertiary/aromatic N) is 2. The topological polar surface area (TPSA) is 46.9 Å². The van der Waals surface area contributed by atoms with Gasteiger partial charge in [0.1, 0.15) is 10.8 Å². The van der Waals surface area contributed by atoms with Crippen LogP contribution in [0.4, 0.5) is 5.69 Å². The van der Waals surface area contributed by atoms with Crippen LogP contribution in [0.5, 0.6) is 0 Å². The van der Waals surface area contributed by atoms with Crippen molar-refractivity contribution in [3.63, 3.8) is 0 Å². The zero-order valence-corrected chi connectivity index (χ0v) is 12.0. The Labute approximate surface area is 118 Å². The Morgan fingerprint density at radius 3 is 3.06 bits per heavy atom.